The third kappa shape index (κ3) is 2.57. The van der Waals surface area contributed by atoms with Crippen LogP contribution in [-0.4, -0.2) is 49.3 Å². The molecule has 19 heavy (non-hydrogen) atoms. The Labute approximate surface area is 109 Å². The van der Waals surface area contributed by atoms with Crippen molar-refractivity contribution in [3.63, 3.8) is 0 Å². The van der Waals surface area contributed by atoms with E-state index >= 15 is 0 Å². The summed E-state index contributed by atoms with van der Waals surface area (Å²) in [6, 6.07) is 1.25. The van der Waals surface area contributed by atoms with E-state index in [2.05, 4.69) is 10.3 Å². The van der Waals surface area contributed by atoms with Gasteiger partial charge in [0.2, 0.25) is 10.9 Å². The van der Waals surface area contributed by atoms with Gasteiger partial charge in [-0.25, -0.2) is 17.8 Å². The molecule has 9 heteroatoms. The van der Waals surface area contributed by atoms with E-state index < -0.39 is 32.8 Å². The lowest BCUT2D eigenvalue weighted by molar-refractivity contribution is -0.122. The van der Waals surface area contributed by atoms with Crippen molar-refractivity contribution in [2.75, 3.05) is 19.6 Å². The van der Waals surface area contributed by atoms with E-state index in [1.54, 1.807) is 0 Å². The third-order valence-electron chi connectivity index (χ3n) is 2.80. The molecule has 7 nitrogen and oxygen atoms in total. The molecule has 1 aromatic rings. The molecule has 3 N–H and O–H groups in total. The quantitative estimate of drug-likeness (QED) is 0.717. The van der Waals surface area contributed by atoms with Crippen LogP contribution in [0.3, 0.4) is 0 Å². The molecule has 0 radical (unpaired) electrons. The number of nitrogens with zero attached hydrogens (tertiary/aromatic N) is 2. The molecular formula is C10H13FN4O3S. The average molecular weight is 288 g/mol. The van der Waals surface area contributed by atoms with E-state index in [0.717, 1.165) is 10.4 Å². The number of nitrogens with one attached hydrogen (secondary N) is 1. The van der Waals surface area contributed by atoms with Gasteiger partial charge in [0.25, 0.3) is 10.0 Å². The van der Waals surface area contributed by atoms with Crippen LogP contribution in [0.4, 0.5) is 4.39 Å². The molecule has 1 fully saturated rings. The van der Waals surface area contributed by atoms with E-state index in [-0.39, 0.29) is 13.1 Å². The molecule has 1 amide bonds. The average Bonchev–Trinajstić information content (AvgIpc) is 2.39. The molecule has 0 aliphatic carbocycles. The fraction of sp³-hybridized carbons (Fsp3) is 0.400. The number of hydrogen-bond donors (Lipinski definition) is 2. The fourth-order valence-corrected chi connectivity index (χ4v) is 3.46. The van der Waals surface area contributed by atoms with E-state index in [1.807, 2.05) is 0 Å². The third-order valence-corrected chi connectivity index (χ3v) is 4.64. The summed E-state index contributed by atoms with van der Waals surface area (Å²) in [4.78, 5) is 14.8. The molecule has 1 unspecified atom stereocenters. The number of halogens is 1. The SMILES string of the molecule is NC(=O)C1CNCCN1S(=O)(=O)c1ncccc1F. The highest BCUT2D eigenvalue weighted by atomic mass is 32.2. The molecular weight excluding hydrogens is 275 g/mol. The zero-order valence-corrected chi connectivity index (χ0v) is 10.7. The van der Waals surface area contributed by atoms with Crippen molar-refractivity contribution in [1.29, 1.82) is 0 Å². The van der Waals surface area contributed by atoms with E-state index in [4.69, 9.17) is 5.73 Å². The molecule has 1 saturated heterocycles. The van der Waals surface area contributed by atoms with Crippen LogP contribution in [0.5, 0.6) is 0 Å². The summed E-state index contributed by atoms with van der Waals surface area (Å²) in [5.41, 5.74) is 5.17. The monoisotopic (exact) mass is 288 g/mol. The second kappa shape index (κ2) is 5.19. The molecule has 1 aliphatic rings. The molecule has 0 spiro atoms. The number of aromatic nitrogens is 1. The van der Waals surface area contributed by atoms with Crippen LogP contribution in [0.1, 0.15) is 0 Å². The van der Waals surface area contributed by atoms with Crippen molar-refractivity contribution in [1.82, 2.24) is 14.6 Å². The van der Waals surface area contributed by atoms with Crippen molar-refractivity contribution >= 4 is 15.9 Å². The van der Waals surface area contributed by atoms with E-state index in [9.17, 15) is 17.6 Å². The number of carbonyl (C=O) groups is 1. The minimum Gasteiger partial charge on any atom is -0.368 e. The van der Waals surface area contributed by atoms with Gasteiger partial charge >= 0.3 is 0 Å². The lowest BCUT2D eigenvalue weighted by Crippen LogP contribution is -2.58. The Kier molecular flexibility index (Phi) is 3.78. The topological polar surface area (TPSA) is 105 Å². The second-order valence-corrected chi connectivity index (χ2v) is 5.83. The summed E-state index contributed by atoms with van der Waals surface area (Å²) < 4.78 is 39.1. The summed E-state index contributed by atoms with van der Waals surface area (Å²) in [7, 11) is -4.18. The number of hydrogen-bond acceptors (Lipinski definition) is 5. The smallest absolute Gasteiger partial charge is 0.264 e. The van der Waals surface area contributed by atoms with Crippen LogP contribution in [0.2, 0.25) is 0 Å². The predicted molar refractivity (Wildman–Crippen MR) is 63.9 cm³/mol. The molecule has 0 aromatic carbocycles. The lowest BCUT2D eigenvalue weighted by atomic mass is 10.2. The summed E-state index contributed by atoms with van der Waals surface area (Å²) >= 11 is 0. The van der Waals surface area contributed by atoms with Crippen LogP contribution < -0.4 is 11.1 Å². The Balaban J connectivity index is 2.43. The number of pyridine rings is 1. The Hall–Kier alpha value is -1.58. The van der Waals surface area contributed by atoms with Crippen molar-refractivity contribution in [2.24, 2.45) is 5.73 Å². The molecule has 0 saturated carbocycles. The van der Waals surface area contributed by atoms with Gasteiger partial charge in [-0.2, -0.15) is 4.31 Å². The van der Waals surface area contributed by atoms with Crippen LogP contribution in [0.15, 0.2) is 23.4 Å². The number of piperazine rings is 1. The van der Waals surface area contributed by atoms with Gasteiger partial charge in [0.15, 0.2) is 5.82 Å². The number of nitrogens with two attached hydrogens (primary N) is 1. The van der Waals surface area contributed by atoms with Crippen molar-refractivity contribution in [2.45, 2.75) is 11.1 Å². The van der Waals surface area contributed by atoms with Crippen molar-refractivity contribution in [3.8, 4) is 0 Å². The minimum atomic E-state index is -4.18. The second-order valence-electron chi connectivity index (χ2n) is 4.03. The molecule has 1 aliphatic heterocycles. The van der Waals surface area contributed by atoms with Gasteiger partial charge < -0.3 is 11.1 Å². The van der Waals surface area contributed by atoms with Crippen molar-refractivity contribution < 1.29 is 17.6 Å². The first-order chi connectivity index (χ1) is 8.94. The highest BCUT2D eigenvalue weighted by molar-refractivity contribution is 7.89. The summed E-state index contributed by atoms with van der Waals surface area (Å²) in [6.07, 6.45) is 1.18. The number of rotatable bonds is 3. The Morgan fingerprint density at radius 1 is 1.58 bits per heavy atom. The largest absolute Gasteiger partial charge is 0.368 e. The number of sulfonamides is 1. The zero-order valence-electron chi connectivity index (χ0n) is 9.91. The first-order valence-electron chi connectivity index (χ1n) is 5.57. The lowest BCUT2D eigenvalue weighted by Gasteiger charge is -2.32. The molecule has 104 valence electrons. The van der Waals surface area contributed by atoms with Crippen LogP contribution in [-0.2, 0) is 14.8 Å². The van der Waals surface area contributed by atoms with Gasteiger partial charge in [-0.15, -0.1) is 0 Å². The Morgan fingerprint density at radius 3 is 2.95 bits per heavy atom. The summed E-state index contributed by atoms with van der Waals surface area (Å²) in [5.74, 6) is -1.74. The number of carbonyl (C=O) groups excluding carboxylic acids is 1. The fourth-order valence-electron chi connectivity index (χ4n) is 1.89. The van der Waals surface area contributed by atoms with Crippen LogP contribution >= 0.6 is 0 Å². The first-order valence-corrected chi connectivity index (χ1v) is 7.01. The number of amides is 1. The maximum atomic E-state index is 13.6. The maximum Gasteiger partial charge on any atom is 0.264 e. The molecule has 1 atom stereocenters. The summed E-state index contributed by atoms with van der Waals surface area (Å²) in [5, 5.41) is 2.17. The minimum absolute atomic E-state index is 0.0337. The molecule has 2 heterocycles. The predicted octanol–water partition coefficient (Wildman–Crippen LogP) is -1.33. The number of primary amides is 1. The summed E-state index contributed by atoms with van der Waals surface area (Å²) in [6.45, 7) is 0.492. The Morgan fingerprint density at radius 2 is 2.32 bits per heavy atom. The highest BCUT2D eigenvalue weighted by Gasteiger charge is 2.38. The zero-order chi connectivity index (χ0) is 14.0. The molecule has 2 rings (SSSR count). The van der Waals surface area contributed by atoms with E-state index in [0.29, 0.717) is 6.54 Å². The van der Waals surface area contributed by atoms with Crippen LogP contribution in [0.25, 0.3) is 0 Å². The van der Waals surface area contributed by atoms with Crippen LogP contribution in [0, 0.1) is 5.82 Å². The normalized spacial score (nSPS) is 21.2. The van der Waals surface area contributed by atoms with Gasteiger partial charge in [-0.1, -0.05) is 0 Å². The van der Waals surface area contributed by atoms with Gasteiger partial charge in [-0.3, -0.25) is 4.79 Å². The highest BCUT2D eigenvalue weighted by Crippen LogP contribution is 2.19. The van der Waals surface area contributed by atoms with Gasteiger partial charge in [-0.05, 0) is 12.1 Å². The maximum absolute atomic E-state index is 13.6. The van der Waals surface area contributed by atoms with Gasteiger partial charge in [0.05, 0.1) is 0 Å². The first kappa shape index (κ1) is 13.8. The molecule has 0 bridgehead atoms. The van der Waals surface area contributed by atoms with Gasteiger partial charge in [0, 0.05) is 25.8 Å². The standard InChI is InChI=1S/C10H13FN4O3S/c11-7-2-1-3-14-10(7)19(17,18)15-5-4-13-6-8(15)9(12)16/h1-3,8,13H,4-6H2,(H2,12,16). The van der Waals surface area contributed by atoms with E-state index in [1.165, 1.54) is 12.3 Å². The van der Waals surface area contributed by atoms with Gasteiger partial charge in [0.1, 0.15) is 6.04 Å². The Bertz CT molecular complexity index is 592. The molecule has 1 aromatic heterocycles. The van der Waals surface area contributed by atoms with Crippen molar-refractivity contribution in [3.05, 3.63) is 24.1 Å².